The van der Waals surface area contributed by atoms with Crippen LogP contribution in [0.4, 0.5) is 13.2 Å². The lowest BCUT2D eigenvalue weighted by Gasteiger charge is -2.12. The van der Waals surface area contributed by atoms with Crippen LogP contribution in [0.25, 0.3) is 0 Å². The maximum atomic E-state index is 12.5. The van der Waals surface area contributed by atoms with E-state index in [0.717, 1.165) is 6.07 Å². The van der Waals surface area contributed by atoms with Gasteiger partial charge in [0.1, 0.15) is 0 Å². The van der Waals surface area contributed by atoms with Crippen molar-refractivity contribution in [3.63, 3.8) is 0 Å². The van der Waals surface area contributed by atoms with Gasteiger partial charge >= 0.3 is 6.18 Å². The highest BCUT2D eigenvalue weighted by Crippen LogP contribution is 2.36. The van der Waals surface area contributed by atoms with Crippen LogP contribution in [0, 0.1) is 0 Å². The molecule has 0 heterocycles. The standard InChI is InChI=1S/C10H7Br2F3O/c1-5(11)9(16)6-3-2-4-7(8(6)12)10(13,14)15/h2-5H,1H3. The average molecular weight is 360 g/mol. The average Bonchev–Trinajstić information content (AvgIpc) is 2.15. The van der Waals surface area contributed by atoms with Crippen molar-refractivity contribution in [1.29, 1.82) is 0 Å². The second-order valence-electron chi connectivity index (χ2n) is 3.15. The molecule has 1 aromatic rings. The van der Waals surface area contributed by atoms with Crippen LogP contribution < -0.4 is 0 Å². The number of hydrogen-bond acceptors (Lipinski definition) is 1. The van der Waals surface area contributed by atoms with E-state index in [2.05, 4.69) is 31.9 Å². The first-order chi connectivity index (χ1) is 7.25. The number of ketones is 1. The van der Waals surface area contributed by atoms with Gasteiger partial charge in [-0.1, -0.05) is 28.1 Å². The lowest BCUT2D eigenvalue weighted by atomic mass is 10.1. The van der Waals surface area contributed by atoms with Gasteiger partial charge in [0.05, 0.1) is 10.4 Å². The Morgan fingerprint density at radius 3 is 2.38 bits per heavy atom. The van der Waals surface area contributed by atoms with Gasteiger partial charge in [-0.3, -0.25) is 4.79 Å². The maximum Gasteiger partial charge on any atom is 0.417 e. The Hall–Kier alpha value is -0.360. The molecule has 0 N–H and O–H groups in total. The van der Waals surface area contributed by atoms with E-state index in [9.17, 15) is 18.0 Å². The Labute approximate surface area is 107 Å². The highest BCUT2D eigenvalue weighted by atomic mass is 79.9. The summed E-state index contributed by atoms with van der Waals surface area (Å²) in [6, 6.07) is 3.51. The van der Waals surface area contributed by atoms with E-state index in [-0.39, 0.29) is 10.0 Å². The Balaban J connectivity index is 3.30. The summed E-state index contributed by atoms with van der Waals surface area (Å²) in [5.74, 6) is -0.391. The third-order valence-corrected chi connectivity index (χ3v) is 3.20. The molecule has 0 aliphatic carbocycles. The number of carbonyl (C=O) groups is 1. The second-order valence-corrected chi connectivity index (χ2v) is 5.31. The molecule has 6 heteroatoms. The van der Waals surface area contributed by atoms with Gasteiger partial charge in [-0.2, -0.15) is 13.2 Å². The monoisotopic (exact) mass is 358 g/mol. The van der Waals surface area contributed by atoms with Gasteiger partial charge in [-0.15, -0.1) is 0 Å². The molecule has 88 valence electrons. The summed E-state index contributed by atoms with van der Waals surface area (Å²) in [5.41, 5.74) is -0.814. The van der Waals surface area contributed by atoms with Crippen LogP contribution in [-0.2, 0) is 6.18 Å². The molecule has 0 aliphatic heterocycles. The summed E-state index contributed by atoms with van der Waals surface area (Å²) in [6.07, 6.45) is -4.47. The lowest BCUT2D eigenvalue weighted by Crippen LogP contribution is -2.14. The van der Waals surface area contributed by atoms with Crippen molar-refractivity contribution >= 4 is 37.6 Å². The van der Waals surface area contributed by atoms with Crippen LogP contribution in [0.3, 0.4) is 0 Å². The third-order valence-electron chi connectivity index (χ3n) is 1.93. The van der Waals surface area contributed by atoms with Crippen LogP contribution in [0.15, 0.2) is 22.7 Å². The topological polar surface area (TPSA) is 17.1 Å². The molecule has 0 aromatic heterocycles. The Morgan fingerprint density at radius 1 is 1.38 bits per heavy atom. The minimum Gasteiger partial charge on any atom is -0.293 e. The molecule has 0 bridgehead atoms. The molecule has 0 spiro atoms. The minimum atomic E-state index is -4.47. The van der Waals surface area contributed by atoms with Crippen LogP contribution in [-0.4, -0.2) is 10.6 Å². The van der Waals surface area contributed by atoms with E-state index < -0.39 is 22.4 Å². The SMILES string of the molecule is CC(Br)C(=O)c1cccc(C(F)(F)F)c1Br. The Kier molecular flexibility index (Phi) is 4.17. The molecule has 16 heavy (non-hydrogen) atoms. The molecule has 0 radical (unpaired) electrons. The number of rotatable bonds is 2. The Bertz CT molecular complexity index is 413. The highest BCUT2D eigenvalue weighted by molar-refractivity contribution is 9.10. The van der Waals surface area contributed by atoms with Gasteiger partial charge in [-0.05, 0) is 28.9 Å². The molecule has 1 unspecified atom stereocenters. The smallest absolute Gasteiger partial charge is 0.293 e. The largest absolute Gasteiger partial charge is 0.417 e. The number of carbonyl (C=O) groups excluding carboxylic acids is 1. The van der Waals surface area contributed by atoms with Crippen molar-refractivity contribution in [3.8, 4) is 0 Å². The summed E-state index contributed by atoms with van der Waals surface area (Å²) in [5, 5.41) is 0. The quantitative estimate of drug-likeness (QED) is 0.563. The van der Waals surface area contributed by atoms with Gasteiger partial charge in [-0.25, -0.2) is 0 Å². The summed E-state index contributed by atoms with van der Waals surface area (Å²) >= 11 is 5.86. The van der Waals surface area contributed by atoms with Gasteiger partial charge in [0.25, 0.3) is 0 Å². The molecule has 0 aliphatic rings. The highest BCUT2D eigenvalue weighted by Gasteiger charge is 2.34. The molecule has 0 fully saturated rings. The van der Waals surface area contributed by atoms with Crippen molar-refractivity contribution in [3.05, 3.63) is 33.8 Å². The molecule has 1 atom stereocenters. The second kappa shape index (κ2) is 4.87. The fourth-order valence-corrected chi connectivity index (χ4v) is 2.09. The zero-order chi connectivity index (χ0) is 12.5. The van der Waals surface area contributed by atoms with Gasteiger partial charge in [0, 0.05) is 10.0 Å². The molecule has 1 rings (SSSR count). The third kappa shape index (κ3) is 2.85. The van der Waals surface area contributed by atoms with E-state index in [0.29, 0.717) is 0 Å². The fraction of sp³-hybridized carbons (Fsp3) is 0.300. The summed E-state index contributed by atoms with van der Waals surface area (Å²) < 4.78 is 37.4. The summed E-state index contributed by atoms with van der Waals surface area (Å²) in [7, 11) is 0. The zero-order valence-corrected chi connectivity index (χ0v) is 11.3. The van der Waals surface area contributed by atoms with Crippen LogP contribution in [0.5, 0.6) is 0 Å². The van der Waals surface area contributed by atoms with E-state index in [1.807, 2.05) is 0 Å². The predicted molar refractivity (Wildman–Crippen MR) is 61.9 cm³/mol. The first-order valence-corrected chi connectivity index (χ1v) is 6.00. The number of halogens is 5. The van der Waals surface area contributed by atoms with Crippen molar-refractivity contribution in [1.82, 2.24) is 0 Å². The molecule has 0 amide bonds. The summed E-state index contributed by atoms with van der Waals surface area (Å²) in [4.78, 5) is 11.1. The Morgan fingerprint density at radius 2 is 1.94 bits per heavy atom. The van der Waals surface area contributed by atoms with E-state index >= 15 is 0 Å². The van der Waals surface area contributed by atoms with Crippen molar-refractivity contribution in [2.75, 3.05) is 0 Å². The lowest BCUT2D eigenvalue weighted by molar-refractivity contribution is -0.138. The van der Waals surface area contributed by atoms with Gasteiger partial charge in [0.15, 0.2) is 5.78 Å². The molecule has 1 aromatic carbocycles. The number of benzene rings is 1. The van der Waals surface area contributed by atoms with E-state index in [1.54, 1.807) is 6.92 Å². The molecular formula is C10H7Br2F3O. The zero-order valence-electron chi connectivity index (χ0n) is 8.11. The summed E-state index contributed by atoms with van der Waals surface area (Å²) in [6.45, 7) is 1.56. The van der Waals surface area contributed by atoms with E-state index in [1.165, 1.54) is 12.1 Å². The van der Waals surface area contributed by atoms with Crippen LogP contribution in [0.1, 0.15) is 22.8 Å². The normalized spacial score (nSPS) is 13.6. The minimum absolute atomic E-state index is 0.0270. The molecule has 0 saturated carbocycles. The first-order valence-electron chi connectivity index (χ1n) is 4.29. The van der Waals surface area contributed by atoms with Crippen molar-refractivity contribution in [2.45, 2.75) is 17.9 Å². The number of Topliss-reactive ketones (excluding diaryl/α,β-unsaturated/α-hetero) is 1. The number of alkyl halides is 4. The predicted octanol–water partition coefficient (Wildman–Crippen LogP) is 4.43. The van der Waals surface area contributed by atoms with E-state index in [4.69, 9.17) is 0 Å². The van der Waals surface area contributed by atoms with Crippen LogP contribution in [0.2, 0.25) is 0 Å². The van der Waals surface area contributed by atoms with Crippen molar-refractivity contribution < 1.29 is 18.0 Å². The number of hydrogen-bond donors (Lipinski definition) is 0. The van der Waals surface area contributed by atoms with Gasteiger partial charge in [0.2, 0.25) is 0 Å². The maximum absolute atomic E-state index is 12.5. The first kappa shape index (κ1) is 13.7. The van der Waals surface area contributed by atoms with Gasteiger partial charge < -0.3 is 0 Å². The molecule has 0 saturated heterocycles. The molecule has 1 nitrogen and oxygen atoms in total. The molecular weight excluding hydrogens is 353 g/mol. The van der Waals surface area contributed by atoms with Crippen molar-refractivity contribution in [2.24, 2.45) is 0 Å². The fourth-order valence-electron chi connectivity index (χ4n) is 1.16. The van der Waals surface area contributed by atoms with Crippen LogP contribution >= 0.6 is 31.9 Å².